The lowest BCUT2D eigenvalue weighted by Gasteiger charge is -2.38. The predicted molar refractivity (Wildman–Crippen MR) is 91.7 cm³/mol. The van der Waals surface area contributed by atoms with Crippen molar-refractivity contribution in [2.45, 2.75) is 25.4 Å². The van der Waals surface area contributed by atoms with Crippen molar-refractivity contribution in [3.63, 3.8) is 0 Å². The molecule has 5 nitrogen and oxygen atoms in total. The molecule has 2 heterocycles. The summed E-state index contributed by atoms with van der Waals surface area (Å²) < 4.78 is 18.2. The summed E-state index contributed by atoms with van der Waals surface area (Å²) in [4.78, 5) is 13.0. The summed E-state index contributed by atoms with van der Waals surface area (Å²) >= 11 is 0. The number of hydrogen-bond acceptors (Lipinski definition) is 5. The van der Waals surface area contributed by atoms with Gasteiger partial charge in [-0.3, -0.25) is 4.90 Å². The lowest BCUT2D eigenvalue weighted by atomic mass is 10.0. The van der Waals surface area contributed by atoms with Gasteiger partial charge in [-0.05, 0) is 37.1 Å². The zero-order valence-electron chi connectivity index (χ0n) is 14.2. The molecule has 0 spiro atoms. The molecule has 1 unspecified atom stereocenters. The van der Waals surface area contributed by atoms with E-state index in [1.807, 2.05) is 18.2 Å². The van der Waals surface area contributed by atoms with Crippen LogP contribution in [0.1, 0.15) is 18.4 Å². The zero-order chi connectivity index (χ0) is 16.9. The molecule has 1 aliphatic heterocycles. The number of likely N-dealkylation sites (tertiary alicyclic amines) is 1. The van der Waals surface area contributed by atoms with Crippen molar-refractivity contribution in [2.24, 2.45) is 0 Å². The molecule has 1 atom stereocenters. The maximum absolute atomic E-state index is 13.0. The Morgan fingerprint density at radius 2 is 2.08 bits per heavy atom. The van der Waals surface area contributed by atoms with Crippen LogP contribution in [0.15, 0.2) is 36.7 Å². The van der Waals surface area contributed by atoms with Crippen LogP contribution in [0.25, 0.3) is 0 Å². The van der Waals surface area contributed by atoms with Gasteiger partial charge in [-0.2, -0.15) is 0 Å². The van der Waals surface area contributed by atoms with E-state index in [1.165, 1.54) is 18.5 Å². The number of halogens is 1. The van der Waals surface area contributed by atoms with Gasteiger partial charge in [0.1, 0.15) is 18.0 Å². The third kappa shape index (κ3) is 4.00. The average molecular weight is 330 g/mol. The van der Waals surface area contributed by atoms with Gasteiger partial charge in [0.05, 0.1) is 7.11 Å². The van der Waals surface area contributed by atoms with Crippen molar-refractivity contribution in [2.75, 3.05) is 32.1 Å². The van der Waals surface area contributed by atoms with E-state index in [4.69, 9.17) is 4.74 Å². The van der Waals surface area contributed by atoms with Gasteiger partial charge in [0.25, 0.3) is 0 Å². The van der Waals surface area contributed by atoms with Gasteiger partial charge in [-0.25, -0.2) is 14.4 Å². The molecule has 128 valence electrons. The lowest BCUT2D eigenvalue weighted by Crippen LogP contribution is -2.46. The highest BCUT2D eigenvalue weighted by Gasteiger charge is 2.24. The number of hydrogen-bond donors (Lipinski definition) is 0. The third-order valence-electron chi connectivity index (χ3n) is 4.55. The Balaban J connectivity index is 1.64. The number of aromatic nitrogens is 2. The first-order valence-corrected chi connectivity index (χ1v) is 8.21. The number of likely N-dealkylation sites (N-methyl/N-ethyl adjacent to an activating group) is 1. The highest BCUT2D eigenvalue weighted by atomic mass is 19.1. The summed E-state index contributed by atoms with van der Waals surface area (Å²) in [7, 11) is 3.67. The molecule has 0 amide bonds. The maximum atomic E-state index is 13.0. The normalized spacial score (nSPS) is 18.4. The Kier molecular flexibility index (Phi) is 5.25. The predicted octanol–water partition coefficient (Wildman–Crippen LogP) is 2.73. The van der Waals surface area contributed by atoms with Crippen LogP contribution in [0.4, 0.5) is 10.2 Å². The average Bonchev–Trinajstić information content (AvgIpc) is 2.63. The maximum Gasteiger partial charge on any atom is 0.218 e. The van der Waals surface area contributed by atoms with Crippen LogP contribution >= 0.6 is 0 Å². The van der Waals surface area contributed by atoms with Crippen LogP contribution in [-0.2, 0) is 6.54 Å². The molecule has 1 fully saturated rings. The van der Waals surface area contributed by atoms with E-state index < -0.39 is 0 Å². The van der Waals surface area contributed by atoms with Gasteiger partial charge in [0, 0.05) is 32.2 Å². The molecular weight excluding hydrogens is 307 g/mol. The Labute approximate surface area is 142 Å². The van der Waals surface area contributed by atoms with E-state index >= 15 is 0 Å². The SMILES string of the molecule is COc1cc(N(C)C2CCCN(Cc3ccc(F)cc3)C2)ncn1. The molecule has 6 heteroatoms. The van der Waals surface area contributed by atoms with Crippen molar-refractivity contribution in [3.8, 4) is 5.88 Å². The summed E-state index contributed by atoms with van der Waals surface area (Å²) in [6.07, 6.45) is 3.80. The molecular formula is C18H23FN4O. The standard InChI is InChI=1S/C18H23FN4O/c1-22(17-10-18(24-2)21-13-20-17)16-4-3-9-23(12-16)11-14-5-7-15(19)8-6-14/h5-8,10,13,16H,3-4,9,11-12H2,1-2H3. The highest BCUT2D eigenvalue weighted by Crippen LogP contribution is 2.22. The summed E-state index contributed by atoms with van der Waals surface area (Å²) in [6.45, 7) is 2.87. The fourth-order valence-electron chi connectivity index (χ4n) is 3.16. The van der Waals surface area contributed by atoms with Crippen LogP contribution < -0.4 is 9.64 Å². The summed E-state index contributed by atoms with van der Waals surface area (Å²) in [5, 5.41) is 0. The molecule has 0 bridgehead atoms. The minimum Gasteiger partial charge on any atom is -0.481 e. The van der Waals surface area contributed by atoms with E-state index in [0.717, 1.165) is 43.9 Å². The van der Waals surface area contributed by atoms with E-state index in [9.17, 15) is 4.39 Å². The van der Waals surface area contributed by atoms with Crippen LogP contribution in [0.2, 0.25) is 0 Å². The van der Waals surface area contributed by atoms with Crippen molar-refractivity contribution in [3.05, 3.63) is 48.0 Å². The van der Waals surface area contributed by atoms with Crippen molar-refractivity contribution < 1.29 is 9.13 Å². The van der Waals surface area contributed by atoms with Gasteiger partial charge in [-0.15, -0.1) is 0 Å². The molecule has 0 radical (unpaired) electrons. The number of ether oxygens (including phenoxy) is 1. The van der Waals surface area contributed by atoms with Gasteiger partial charge in [-0.1, -0.05) is 12.1 Å². The molecule has 1 saturated heterocycles. The highest BCUT2D eigenvalue weighted by molar-refractivity contribution is 5.41. The fourth-order valence-corrected chi connectivity index (χ4v) is 3.16. The second-order valence-corrected chi connectivity index (χ2v) is 6.19. The van der Waals surface area contributed by atoms with E-state index in [0.29, 0.717) is 11.9 Å². The van der Waals surface area contributed by atoms with E-state index in [2.05, 4.69) is 26.8 Å². The quantitative estimate of drug-likeness (QED) is 0.843. The number of anilines is 1. The first kappa shape index (κ1) is 16.6. The van der Waals surface area contributed by atoms with E-state index in [1.54, 1.807) is 7.11 Å². The molecule has 0 N–H and O–H groups in total. The largest absolute Gasteiger partial charge is 0.481 e. The molecule has 1 aromatic carbocycles. The molecule has 2 aromatic rings. The molecule has 1 aromatic heterocycles. The molecule has 1 aliphatic rings. The second kappa shape index (κ2) is 7.57. The monoisotopic (exact) mass is 330 g/mol. The number of nitrogens with zero attached hydrogens (tertiary/aromatic N) is 4. The van der Waals surface area contributed by atoms with Crippen molar-refractivity contribution in [1.29, 1.82) is 0 Å². The summed E-state index contributed by atoms with van der Waals surface area (Å²) in [5.41, 5.74) is 1.14. The minimum absolute atomic E-state index is 0.187. The molecule has 0 saturated carbocycles. The first-order valence-electron chi connectivity index (χ1n) is 8.21. The number of methoxy groups -OCH3 is 1. The van der Waals surface area contributed by atoms with Crippen LogP contribution in [0.3, 0.4) is 0 Å². The topological polar surface area (TPSA) is 41.5 Å². The first-order chi connectivity index (χ1) is 11.7. The zero-order valence-corrected chi connectivity index (χ0v) is 14.2. The second-order valence-electron chi connectivity index (χ2n) is 6.19. The molecule has 0 aliphatic carbocycles. The van der Waals surface area contributed by atoms with Crippen molar-refractivity contribution in [1.82, 2.24) is 14.9 Å². The Hall–Kier alpha value is -2.21. The van der Waals surface area contributed by atoms with Gasteiger partial charge in [0.2, 0.25) is 5.88 Å². The van der Waals surface area contributed by atoms with Gasteiger partial charge < -0.3 is 9.64 Å². The Morgan fingerprint density at radius 1 is 1.29 bits per heavy atom. The minimum atomic E-state index is -0.187. The number of benzene rings is 1. The summed E-state index contributed by atoms with van der Waals surface area (Å²) in [6, 6.07) is 9.01. The van der Waals surface area contributed by atoms with Crippen molar-refractivity contribution >= 4 is 5.82 Å². The van der Waals surface area contributed by atoms with Crippen LogP contribution in [-0.4, -0.2) is 48.2 Å². The fraction of sp³-hybridized carbons (Fsp3) is 0.444. The van der Waals surface area contributed by atoms with Gasteiger partial charge in [0.15, 0.2) is 0 Å². The van der Waals surface area contributed by atoms with Crippen LogP contribution in [0.5, 0.6) is 5.88 Å². The smallest absolute Gasteiger partial charge is 0.218 e. The Morgan fingerprint density at radius 3 is 2.83 bits per heavy atom. The third-order valence-corrected chi connectivity index (χ3v) is 4.55. The van der Waals surface area contributed by atoms with Gasteiger partial charge >= 0.3 is 0 Å². The Bertz CT molecular complexity index is 664. The van der Waals surface area contributed by atoms with Crippen LogP contribution in [0, 0.1) is 5.82 Å². The lowest BCUT2D eigenvalue weighted by molar-refractivity contribution is 0.198. The molecule has 24 heavy (non-hydrogen) atoms. The number of piperidine rings is 1. The summed E-state index contributed by atoms with van der Waals surface area (Å²) in [5.74, 6) is 1.26. The number of rotatable bonds is 5. The molecule has 3 rings (SSSR count). The van der Waals surface area contributed by atoms with E-state index in [-0.39, 0.29) is 5.82 Å².